The Bertz CT molecular complexity index is 1110. The first-order valence-corrected chi connectivity index (χ1v) is 10.2. The highest BCUT2D eigenvalue weighted by Crippen LogP contribution is 2.43. The number of aromatic nitrogens is 5. The number of halogens is 5. The maximum atomic E-state index is 12.9. The topological polar surface area (TPSA) is 63.0 Å². The van der Waals surface area contributed by atoms with Crippen LogP contribution in [0, 0.1) is 5.41 Å². The number of pyridine rings is 1. The van der Waals surface area contributed by atoms with Crippen molar-refractivity contribution in [2.75, 3.05) is 36.0 Å². The zero-order chi connectivity index (χ0) is 22.5. The van der Waals surface area contributed by atoms with Gasteiger partial charge in [-0.15, -0.1) is 0 Å². The molecule has 2 aliphatic heterocycles. The van der Waals surface area contributed by atoms with Gasteiger partial charge in [-0.05, 0) is 25.0 Å². The van der Waals surface area contributed by atoms with E-state index in [0.29, 0.717) is 49.0 Å². The third-order valence-corrected chi connectivity index (χ3v) is 6.19. The van der Waals surface area contributed by atoms with Crippen LogP contribution >= 0.6 is 0 Å². The molecule has 2 aliphatic rings. The van der Waals surface area contributed by atoms with E-state index in [9.17, 15) is 22.0 Å². The Kier molecular flexibility index (Phi) is 4.90. The smallest absolute Gasteiger partial charge is 0.355 e. The molecule has 1 spiro atoms. The van der Waals surface area contributed by atoms with E-state index in [-0.39, 0.29) is 5.41 Å². The third kappa shape index (κ3) is 3.82. The Morgan fingerprint density at radius 3 is 2.41 bits per heavy atom. The molecule has 12 heteroatoms. The first-order valence-electron chi connectivity index (χ1n) is 10.2. The minimum Gasteiger partial charge on any atom is -0.355 e. The van der Waals surface area contributed by atoms with Gasteiger partial charge in [0.05, 0.1) is 12.4 Å². The minimum absolute atomic E-state index is 0.0292. The summed E-state index contributed by atoms with van der Waals surface area (Å²) in [6.45, 7) is 2.17. The van der Waals surface area contributed by atoms with Crippen molar-refractivity contribution < 1.29 is 22.0 Å². The van der Waals surface area contributed by atoms with Gasteiger partial charge in [-0.2, -0.15) is 18.3 Å². The summed E-state index contributed by atoms with van der Waals surface area (Å²) in [5.41, 5.74) is -0.0630. The van der Waals surface area contributed by atoms with Crippen molar-refractivity contribution in [3.63, 3.8) is 0 Å². The minimum atomic E-state index is -4.46. The molecule has 3 aromatic rings. The number of rotatable bonds is 4. The fourth-order valence-corrected chi connectivity index (χ4v) is 4.47. The van der Waals surface area contributed by atoms with E-state index >= 15 is 0 Å². The van der Waals surface area contributed by atoms with Crippen molar-refractivity contribution in [3.8, 4) is 0 Å². The highest BCUT2D eigenvalue weighted by Gasteiger charge is 2.46. The molecule has 0 bridgehead atoms. The highest BCUT2D eigenvalue weighted by molar-refractivity contribution is 5.71. The molecule has 0 saturated carbocycles. The van der Waals surface area contributed by atoms with Gasteiger partial charge < -0.3 is 9.80 Å². The summed E-state index contributed by atoms with van der Waals surface area (Å²) in [5.74, 6) is 0.954. The van der Waals surface area contributed by atoms with Gasteiger partial charge in [-0.1, -0.05) is 6.07 Å². The van der Waals surface area contributed by atoms with Crippen LogP contribution in [0.15, 0.2) is 30.6 Å². The monoisotopic (exact) mass is 453 g/mol. The highest BCUT2D eigenvalue weighted by atomic mass is 19.4. The molecular formula is C20H20F5N7. The number of piperidine rings is 1. The van der Waals surface area contributed by atoms with Crippen LogP contribution in [0.25, 0.3) is 11.2 Å². The Hall–Kier alpha value is -3.05. The number of hydrogen-bond acceptors (Lipinski definition) is 6. The van der Waals surface area contributed by atoms with Gasteiger partial charge in [-0.3, -0.25) is 0 Å². The maximum Gasteiger partial charge on any atom is 0.433 e. The first-order chi connectivity index (χ1) is 15.2. The lowest BCUT2D eigenvalue weighted by atomic mass is 9.72. The SMILES string of the molecule is FC(F)Cn1ncc2ncc(N3CCC4(CC3)CN(c3cccc(C(F)(F)F)n3)C4)nc21. The Labute approximate surface area is 179 Å². The van der Waals surface area contributed by atoms with Crippen LogP contribution < -0.4 is 9.80 Å². The van der Waals surface area contributed by atoms with Gasteiger partial charge >= 0.3 is 6.18 Å². The van der Waals surface area contributed by atoms with Crippen molar-refractivity contribution in [3.05, 3.63) is 36.3 Å². The van der Waals surface area contributed by atoms with Crippen LogP contribution in [0.1, 0.15) is 18.5 Å². The number of nitrogens with zero attached hydrogens (tertiary/aromatic N) is 7. The zero-order valence-electron chi connectivity index (χ0n) is 16.9. The van der Waals surface area contributed by atoms with Crippen molar-refractivity contribution in [2.24, 2.45) is 5.41 Å². The molecule has 0 unspecified atom stereocenters. The summed E-state index contributed by atoms with van der Waals surface area (Å²) in [6, 6.07) is 3.96. The van der Waals surface area contributed by atoms with Gasteiger partial charge in [0.1, 0.15) is 29.4 Å². The van der Waals surface area contributed by atoms with Gasteiger partial charge in [0, 0.05) is 31.6 Å². The second-order valence-electron chi connectivity index (χ2n) is 8.38. The molecular weight excluding hydrogens is 433 g/mol. The Morgan fingerprint density at radius 2 is 1.72 bits per heavy atom. The molecule has 32 heavy (non-hydrogen) atoms. The normalized spacial score (nSPS) is 18.6. The predicted molar refractivity (Wildman–Crippen MR) is 107 cm³/mol. The van der Waals surface area contributed by atoms with Crippen LogP contribution in [-0.4, -0.2) is 57.3 Å². The summed E-state index contributed by atoms with van der Waals surface area (Å²) in [5, 5.41) is 3.94. The Morgan fingerprint density at radius 1 is 0.969 bits per heavy atom. The van der Waals surface area contributed by atoms with E-state index in [1.807, 2.05) is 4.90 Å². The van der Waals surface area contributed by atoms with Gasteiger partial charge in [0.25, 0.3) is 6.43 Å². The standard InChI is InChI=1S/C20H20F5N7/c21-15(22)10-32-18-13(8-27-32)26-9-17(29-18)30-6-4-19(5-7-30)11-31(12-19)16-3-1-2-14(28-16)20(23,24)25/h1-3,8-9,15H,4-7,10-12H2. The van der Waals surface area contributed by atoms with Crippen LogP contribution in [0.2, 0.25) is 0 Å². The van der Waals surface area contributed by atoms with E-state index in [2.05, 4.69) is 25.0 Å². The maximum absolute atomic E-state index is 12.9. The van der Waals surface area contributed by atoms with Crippen LogP contribution in [0.5, 0.6) is 0 Å². The lowest BCUT2D eigenvalue weighted by molar-refractivity contribution is -0.141. The molecule has 5 heterocycles. The van der Waals surface area contributed by atoms with Crippen molar-refractivity contribution in [2.45, 2.75) is 32.0 Å². The molecule has 2 saturated heterocycles. The zero-order valence-corrected chi connectivity index (χ0v) is 16.9. The van der Waals surface area contributed by atoms with Crippen LogP contribution in [-0.2, 0) is 12.7 Å². The lowest BCUT2D eigenvalue weighted by Crippen LogP contribution is -2.61. The molecule has 0 atom stereocenters. The summed E-state index contributed by atoms with van der Waals surface area (Å²) >= 11 is 0. The first kappa shape index (κ1) is 20.8. The molecule has 0 aromatic carbocycles. The van der Waals surface area contributed by atoms with Crippen molar-refractivity contribution >= 4 is 22.8 Å². The average molecular weight is 453 g/mol. The predicted octanol–water partition coefficient (Wildman–Crippen LogP) is 3.61. The summed E-state index contributed by atoms with van der Waals surface area (Å²) in [7, 11) is 0. The second-order valence-corrected chi connectivity index (χ2v) is 8.38. The molecule has 0 radical (unpaired) electrons. The van der Waals surface area contributed by atoms with Gasteiger partial charge in [0.15, 0.2) is 5.65 Å². The fourth-order valence-electron chi connectivity index (χ4n) is 4.47. The van der Waals surface area contributed by atoms with Crippen molar-refractivity contribution in [1.82, 2.24) is 24.7 Å². The van der Waals surface area contributed by atoms with Gasteiger partial charge in [-0.25, -0.2) is 28.4 Å². The molecule has 3 aromatic heterocycles. The summed E-state index contributed by atoms with van der Waals surface area (Å²) in [6.07, 6.45) is -2.27. The molecule has 5 rings (SSSR count). The van der Waals surface area contributed by atoms with Crippen LogP contribution in [0.3, 0.4) is 0 Å². The molecule has 0 aliphatic carbocycles. The molecule has 170 valence electrons. The van der Waals surface area contributed by atoms with E-state index in [4.69, 9.17) is 0 Å². The quantitative estimate of drug-likeness (QED) is 0.563. The van der Waals surface area contributed by atoms with E-state index in [1.165, 1.54) is 12.3 Å². The fraction of sp³-hybridized carbons (Fsp3) is 0.500. The largest absolute Gasteiger partial charge is 0.433 e. The Balaban J connectivity index is 1.24. The number of anilines is 2. The second kappa shape index (κ2) is 7.52. The van der Waals surface area contributed by atoms with E-state index in [1.54, 1.807) is 12.3 Å². The molecule has 2 fully saturated rings. The average Bonchev–Trinajstić information content (AvgIpc) is 3.13. The summed E-state index contributed by atoms with van der Waals surface area (Å²) in [4.78, 5) is 16.5. The van der Waals surface area contributed by atoms with Crippen LogP contribution in [0.4, 0.5) is 33.6 Å². The van der Waals surface area contributed by atoms with Gasteiger partial charge in [0.2, 0.25) is 0 Å². The summed E-state index contributed by atoms with van der Waals surface area (Å²) < 4.78 is 65.5. The lowest BCUT2D eigenvalue weighted by Gasteiger charge is -2.54. The molecule has 0 N–H and O–H groups in total. The number of alkyl halides is 5. The number of hydrogen-bond donors (Lipinski definition) is 0. The molecule has 0 amide bonds. The van der Waals surface area contributed by atoms with E-state index in [0.717, 1.165) is 23.6 Å². The number of fused-ring (bicyclic) bond motifs is 1. The molecule has 7 nitrogen and oxygen atoms in total. The van der Waals surface area contributed by atoms with Crippen molar-refractivity contribution in [1.29, 1.82) is 0 Å². The van der Waals surface area contributed by atoms with E-state index < -0.39 is 24.8 Å². The third-order valence-electron chi connectivity index (χ3n) is 6.19.